The van der Waals surface area contributed by atoms with Crippen LogP contribution in [0.5, 0.6) is 0 Å². The fourth-order valence-electron chi connectivity index (χ4n) is 3.66. The Morgan fingerprint density at radius 2 is 1.75 bits per heavy atom. The zero-order valence-corrected chi connectivity index (χ0v) is 16.4. The maximum absolute atomic E-state index is 12.9. The van der Waals surface area contributed by atoms with E-state index in [1.54, 1.807) is 0 Å². The van der Waals surface area contributed by atoms with Gasteiger partial charge in [0.05, 0.1) is 0 Å². The number of benzene rings is 2. The van der Waals surface area contributed by atoms with Crippen LogP contribution in [0.3, 0.4) is 0 Å². The molecule has 1 fully saturated rings. The van der Waals surface area contributed by atoms with Crippen molar-refractivity contribution in [2.75, 3.05) is 5.32 Å². The lowest BCUT2D eigenvalue weighted by Crippen LogP contribution is -2.52. The summed E-state index contributed by atoms with van der Waals surface area (Å²) in [4.78, 5) is 25.4. The van der Waals surface area contributed by atoms with Gasteiger partial charge in [0.15, 0.2) is 0 Å². The van der Waals surface area contributed by atoms with Crippen molar-refractivity contribution in [1.82, 2.24) is 10.6 Å². The van der Waals surface area contributed by atoms with Crippen LogP contribution in [0.2, 0.25) is 0 Å². The first-order chi connectivity index (χ1) is 13.6. The normalized spacial score (nSPS) is 15.5. The monoisotopic (exact) mass is 379 g/mol. The predicted octanol–water partition coefficient (Wildman–Crippen LogP) is 4.18. The van der Waals surface area contributed by atoms with Crippen LogP contribution >= 0.6 is 0 Å². The molecule has 0 saturated heterocycles. The van der Waals surface area contributed by atoms with Gasteiger partial charge in [-0.25, -0.2) is 4.79 Å². The van der Waals surface area contributed by atoms with E-state index in [-0.39, 0.29) is 18.0 Å². The van der Waals surface area contributed by atoms with Gasteiger partial charge in [-0.1, -0.05) is 61.7 Å². The molecule has 2 aromatic rings. The molecular formula is C23H29N3O2. The van der Waals surface area contributed by atoms with E-state index in [0.717, 1.165) is 36.8 Å². The van der Waals surface area contributed by atoms with Gasteiger partial charge in [-0.2, -0.15) is 0 Å². The van der Waals surface area contributed by atoms with Crippen molar-refractivity contribution in [3.63, 3.8) is 0 Å². The Morgan fingerprint density at radius 3 is 2.46 bits per heavy atom. The summed E-state index contributed by atoms with van der Waals surface area (Å²) in [5, 5.41) is 8.82. The van der Waals surface area contributed by atoms with Gasteiger partial charge in [0, 0.05) is 18.2 Å². The number of aryl methyl sites for hydroxylation is 1. The molecule has 0 heterocycles. The lowest BCUT2D eigenvalue weighted by atomic mass is 9.95. The van der Waals surface area contributed by atoms with Crippen molar-refractivity contribution < 1.29 is 9.59 Å². The zero-order chi connectivity index (χ0) is 19.8. The average Bonchev–Trinajstić information content (AvgIpc) is 2.69. The molecule has 5 heteroatoms. The third kappa shape index (κ3) is 6.12. The van der Waals surface area contributed by atoms with E-state index in [2.05, 4.69) is 16.0 Å². The smallest absolute Gasteiger partial charge is 0.319 e. The van der Waals surface area contributed by atoms with Crippen LogP contribution in [0.15, 0.2) is 54.6 Å². The second kappa shape index (κ2) is 9.93. The summed E-state index contributed by atoms with van der Waals surface area (Å²) in [7, 11) is 0. The molecule has 3 amide bonds. The maximum Gasteiger partial charge on any atom is 0.319 e. The largest absolute Gasteiger partial charge is 0.352 e. The van der Waals surface area contributed by atoms with Gasteiger partial charge in [0.2, 0.25) is 5.91 Å². The minimum Gasteiger partial charge on any atom is -0.352 e. The van der Waals surface area contributed by atoms with Crippen molar-refractivity contribution in [2.45, 2.75) is 57.5 Å². The van der Waals surface area contributed by atoms with Crippen molar-refractivity contribution in [1.29, 1.82) is 0 Å². The Labute approximate surface area is 166 Å². The summed E-state index contributed by atoms with van der Waals surface area (Å²) in [5.74, 6) is -0.116. The molecule has 1 atom stereocenters. The molecule has 1 unspecified atom stereocenters. The van der Waals surface area contributed by atoms with Gasteiger partial charge in [0.25, 0.3) is 0 Å². The van der Waals surface area contributed by atoms with Crippen molar-refractivity contribution in [3.8, 4) is 0 Å². The van der Waals surface area contributed by atoms with E-state index in [0.29, 0.717) is 12.1 Å². The molecule has 0 aliphatic heterocycles. The van der Waals surface area contributed by atoms with E-state index in [1.165, 1.54) is 6.42 Å². The SMILES string of the molecule is Cc1cccc(NC(=O)NC(Cc2ccccc2)C(=O)NC2CCCCC2)c1. The van der Waals surface area contributed by atoms with Crippen LogP contribution in [-0.4, -0.2) is 24.0 Å². The number of hydrogen-bond donors (Lipinski definition) is 3. The van der Waals surface area contributed by atoms with Gasteiger partial charge in [-0.3, -0.25) is 4.79 Å². The van der Waals surface area contributed by atoms with Crippen LogP contribution in [0.1, 0.15) is 43.2 Å². The standard InChI is InChI=1S/C23H29N3O2/c1-17-9-8-14-20(15-17)25-23(28)26-21(16-18-10-4-2-5-11-18)22(27)24-19-12-6-3-7-13-19/h2,4-5,8-11,14-15,19,21H,3,6-7,12-13,16H2,1H3,(H,24,27)(H2,25,26,28). The van der Waals surface area contributed by atoms with Crippen LogP contribution in [0, 0.1) is 6.92 Å². The van der Waals surface area contributed by atoms with Crippen LogP contribution < -0.4 is 16.0 Å². The third-order valence-corrected chi connectivity index (χ3v) is 5.13. The first-order valence-corrected chi connectivity index (χ1v) is 10.1. The molecule has 0 spiro atoms. The Morgan fingerprint density at radius 1 is 1.00 bits per heavy atom. The fraction of sp³-hybridized carbons (Fsp3) is 0.391. The van der Waals surface area contributed by atoms with Crippen LogP contribution in [0.25, 0.3) is 0 Å². The molecule has 2 aromatic carbocycles. The molecule has 0 aromatic heterocycles. The molecule has 0 bridgehead atoms. The number of amides is 3. The average molecular weight is 380 g/mol. The molecule has 3 N–H and O–H groups in total. The summed E-state index contributed by atoms with van der Waals surface area (Å²) in [6, 6.07) is 16.6. The molecule has 0 radical (unpaired) electrons. The summed E-state index contributed by atoms with van der Waals surface area (Å²) in [6.07, 6.45) is 6.02. The van der Waals surface area contributed by atoms with Crippen molar-refractivity contribution in [2.24, 2.45) is 0 Å². The fourth-order valence-corrected chi connectivity index (χ4v) is 3.66. The lowest BCUT2D eigenvalue weighted by Gasteiger charge is -2.26. The highest BCUT2D eigenvalue weighted by Gasteiger charge is 2.24. The maximum atomic E-state index is 12.9. The predicted molar refractivity (Wildman–Crippen MR) is 112 cm³/mol. The summed E-state index contributed by atoms with van der Waals surface area (Å²) in [5.41, 5.74) is 2.79. The highest BCUT2D eigenvalue weighted by atomic mass is 16.2. The van der Waals surface area contributed by atoms with E-state index < -0.39 is 6.04 Å². The molecular weight excluding hydrogens is 350 g/mol. The molecule has 1 aliphatic carbocycles. The van der Waals surface area contributed by atoms with Crippen LogP contribution in [-0.2, 0) is 11.2 Å². The van der Waals surface area contributed by atoms with E-state index in [4.69, 9.17) is 0 Å². The number of rotatable bonds is 6. The Balaban J connectivity index is 1.65. The highest BCUT2D eigenvalue weighted by molar-refractivity contribution is 5.94. The Bertz CT molecular complexity index is 785. The minimum atomic E-state index is -0.617. The summed E-state index contributed by atoms with van der Waals surface area (Å²) < 4.78 is 0. The number of carbonyl (C=O) groups excluding carboxylic acids is 2. The molecule has 1 saturated carbocycles. The topological polar surface area (TPSA) is 70.2 Å². The lowest BCUT2D eigenvalue weighted by molar-refractivity contribution is -0.123. The first kappa shape index (κ1) is 19.9. The van der Waals surface area contributed by atoms with Gasteiger partial charge in [-0.15, -0.1) is 0 Å². The molecule has 148 valence electrons. The van der Waals surface area contributed by atoms with Gasteiger partial charge < -0.3 is 16.0 Å². The zero-order valence-electron chi connectivity index (χ0n) is 16.4. The second-order valence-electron chi connectivity index (χ2n) is 7.55. The van der Waals surface area contributed by atoms with Gasteiger partial charge >= 0.3 is 6.03 Å². The quantitative estimate of drug-likeness (QED) is 0.705. The van der Waals surface area contributed by atoms with Gasteiger partial charge in [-0.05, 0) is 43.0 Å². The molecule has 5 nitrogen and oxygen atoms in total. The van der Waals surface area contributed by atoms with Crippen molar-refractivity contribution >= 4 is 17.6 Å². The Hall–Kier alpha value is -2.82. The van der Waals surface area contributed by atoms with E-state index >= 15 is 0 Å². The number of carbonyl (C=O) groups is 2. The summed E-state index contributed by atoms with van der Waals surface area (Å²) >= 11 is 0. The summed E-state index contributed by atoms with van der Waals surface area (Å²) in [6.45, 7) is 1.97. The number of nitrogens with one attached hydrogen (secondary N) is 3. The molecule has 28 heavy (non-hydrogen) atoms. The van der Waals surface area contributed by atoms with Crippen molar-refractivity contribution in [3.05, 3.63) is 65.7 Å². The third-order valence-electron chi connectivity index (χ3n) is 5.13. The van der Waals surface area contributed by atoms with E-state index in [1.807, 2.05) is 61.5 Å². The molecule has 1 aliphatic rings. The highest BCUT2D eigenvalue weighted by Crippen LogP contribution is 2.18. The van der Waals surface area contributed by atoms with E-state index in [9.17, 15) is 9.59 Å². The van der Waals surface area contributed by atoms with Crippen LogP contribution in [0.4, 0.5) is 10.5 Å². The number of urea groups is 1. The Kier molecular flexibility index (Phi) is 7.06. The molecule has 3 rings (SSSR count). The van der Waals surface area contributed by atoms with Gasteiger partial charge in [0.1, 0.15) is 6.04 Å². The first-order valence-electron chi connectivity index (χ1n) is 10.1. The number of hydrogen-bond acceptors (Lipinski definition) is 2. The second-order valence-corrected chi connectivity index (χ2v) is 7.55. The minimum absolute atomic E-state index is 0.116. The number of anilines is 1.